The summed E-state index contributed by atoms with van der Waals surface area (Å²) in [7, 11) is 2.70. The molecule has 14 heteroatoms. The number of hydrogen-bond acceptors (Lipinski definition) is 10. The summed E-state index contributed by atoms with van der Waals surface area (Å²) in [6.07, 6.45) is 13.3. The number of carbonyl (C=O) groups is 5. The Morgan fingerprint density at radius 2 is 0.626 bits per heavy atom. The predicted molar refractivity (Wildman–Crippen MR) is 465 cm³/mol. The third kappa shape index (κ3) is 39.1. The van der Waals surface area contributed by atoms with E-state index in [-0.39, 0.29) is 104 Å². The minimum absolute atomic E-state index is 0. The van der Waals surface area contributed by atoms with Crippen molar-refractivity contribution in [3.63, 3.8) is 0 Å². The molecule has 0 saturated carbocycles. The molecule has 0 spiro atoms. The Labute approximate surface area is 739 Å². The molecule has 0 fully saturated rings. The molecule has 2 N–H and O–H groups in total. The fraction of sp³-hybridized carbons (Fsp3) is 0.277. The van der Waals surface area contributed by atoms with E-state index in [2.05, 4.69) is 241 Å². The van der Waals surface area contributed by atoms with Gasteiger partial charge in [-0.05, 0) is 186 Å². The first-order chi connectivity index (χ1) is 54.6. The number of methoxy groups -OCH3 is 3. The number of halogens is 1. The molecule has 11 aromatic rings. The van der Waals surface area contributed by atoms with E-state index in [1.54, 1.807) is 26.3 Å². The number of aryl methyl sites for hydroxylation is 4. The minimum Gasteiger partial charge on any atom is -1.00 e. The zero-order chi connectivity index (χ0) is 81.5. The van der Waals surface area contributed by atoms with Crippen LogP contribution in [0.15, 0.2) is 316 Å². The summed E-state index contributed by atoms with van der Waals surface area (Å²) in [6, 6.07) is 106. The summed E-state index contributed by atoms with van der Waals surface area (Å²) in [5.41, 5.74) is 15.8. The number of allylic oxidation sites excluding steroid dienone is 1. The topological polar surface area (TPSA) is 168 Å². The van der Waals surface area contributed by atoms with Gasteiger partial charge in [0.1, 0.15) is 23.2 Å². The third-order valence-electron chi connectivity index (χ3n) is 19.2. The number of esters is 3. The smallest absolute Gasteiger partial charge is 1.00 e. The number of Topliss-reactive ketones (excluding diaryl/α,β-unsaturated/α-hetero) is 1. The second-order valence-corrected chi connectivity index (χ2v) is 32.8. The van der Waals surface area contributed by atoms with Gasteiger partial charge in [-0.15, -0.1) is 5.60 Å². The molecule has 598 valence electrons. The normalized spacial score (nSPS) is 10.9. The van der Waals surface area contributed by atoms with Gasteiger partial charge in [-0.3, -0.25) is 29.2 Å². The van der Waals surface area contributed by atoms with Gasteiger partial charge in [0, 0.05) is 12.0 Å². The maximum Gasteiger partial charge on any atom is 1.00 e. The number of hydrogen-bond donors (Lipinski definition) is 2. The number of ketones is 1. The quantitative estimate of drug-likeness (QED) is 0.00811. The zero-order valence-electron chi connectivity index (χ0n) is 69.1. The SMILES string of the molecule is C=C(CCCc1ccc(CC(=O)OC)cc1)c1ccccc1.CC(C)(C)[O-].CC(CCCc1ccc(CC(=O)NO)cc1)c1ccccc1.COC(=O)Cc1ccc(CCCC(=O)c2ccccc2)cc1.COC(=O)Cc1ccc(CCCC(C)c2ccccc2)cc1.C[P+](c1ccccc1)(c1ccccc1)c1ccccc1.[Br-].[K+]. The van der Waals surface area contributed by atoms with Crippen molar-refractivity contribution in [2.45, 2.75) is 155 Å². The fourth-order valence-corrected chi connectivity index (χ4v) is 15.7. The largest absolute Gasteiger partial charge is 1.00 e. The average molecular weight is 1650 g/mol. The molecule has 0 saturated heterocycles. The van der Waals surface area contributed by atoms with Crippen LogP contribution in [0.25, 0.3) is 5.57 Å². The molecular formula is C101H116BrKNO10P. The minimum atomic E-state index is -1.53. The van der Waals surface area contributed by atoms with Gasteiger partial charge in [0.05, 0.1) is 53.7 Å². The molecule has 11 rings (SSSR count). The molecule has 0 radical (unpaired) electrons. The van der Waals surface area contributed by atoms with Crippen molar-refractivity contribution in [2.75, 3.05) is 28.0 Å². The van der Waals surface area contributed by atoms with E-state index >= 15 is 0 Å². The first-order valence-electron chi connectivity index (χ1n) is 39.2. The standard InChI is InChI=1S/C20H24O2.C20H22O2.C19H23NO2.C19H20O3.C19H18P.C4H9O.BrH.K/c2*1-16(19-9-4-3-5-10-19)7-6-8-17-11-13-18(14-12-17)15-20(21)22-2;1-15(18-8-3-2-4-9-18)6-5-7-16-10-12-17(13-11-16)14-19(21)20-22;1-22-19(21)14-16-12-10-15(11-13-16)6-5-9-18(20)17-7-3-2-4-8-17;1-20(17-11-5-2-6-12-17,18-13-7-3-8-14-18)19-15-9-4-10-16-19;1-4(2,3)5;;/h3-5,9-14,16H,6-8,15H2,1-2H3;3-5,9-14H,1,6-8,15H2,2H3;2-4,8-13,15,22H,5-7,14H2,1H3,(H,20,21);2-4,7-8,10-13H,5-6,9,14H2,1H3;2-16H,1H3;1-3H3;1H;/q;;;;+1;-1;;+1/p-1. The van der Waals surface area contributed by atoms with Crippen LogP contribution in [0.5, 0.6) is 0 Å². The summed E-state index contributed by atoms with van der Waals surface area (Å²) in [6.45, 7) is 16.0. The second kappa shape index (κ2) is 55.7. The van der Waals surface area contributed by atoms with Crippen LogP contribution in [0.4, 0.5) is 0 Å². The fourth-order valence-electron chi connectivity index (χ4n) is 12.5. The van der Waals surface area contributed by atoms with Gasteiger partial charge < -0.3 is 36.3 Å². The molecule has 11 aromatic carbocycles. The number of rotatable bonds is 31. The third-order valence-corrected chi connectivity index (χ3v) is 23.2. The predicted octanol–water partition coefficient (Wildman–Crippen LogP) is 14.2. The Balaban J connectivity index is 0.000000297. The summed E-state index contributed by atoms with van der Waals surface area (Å²) >= 11 is 0. The first kappa shape index (κ1) is 98.5. The van der Waals surface area contributed by atoms with E-state index in [1.165, 1.54) is 101 Å². The number of benzene rings is 11. The number of nitrogens with one attached hydrogen (secondary N) is 1. The van der Waals surface area contributed by atoms with Gasteiger partial charge in [0.25, 0.3) is 0 Å². The number of amides is 1. The van der Waals surface area contributed by atoms with Crippen molar-refractivity contribution >= 4 is 58.3 Å². The zero-order valence-corrected chi connectivity index (χ0v) is 74.7. The van der Waals surface area contributed by atoms with E-state index in [0.29, 0.717) is 37.5 Å². The average Bonchev–Trinajstić information content (AvgIpc) is 0.770. The molecule has 0 bridgehead atoms. The summed E-state index contributed by atoms with van der Waals surface area (Å²) in [4.78, 5) is 56.7. The van der Waals surface area contributed by atoms with Gasteiger partial charge in [0.15, 0.2) is 5.78 Å². The van der Waals surface area contributed by atoms with Crippen LogP contribution >= 0.6 is 7.26 Å². The van der Waals surface area contributed by atoms with Gasteiger partial charge in [0.2, 0.25) is 5.91 Å². The van der Waals surface area contributed by atoms with Crippen LogP contribution in [0.3, 0.4) is 0 Å². The van der Waals surface area contributed by atoms with Gasteiger partial charge in [-0.2, -0.15) is 0 Å². The maximum absolute atomic E-state index is 12.0. The van der Waals surface area contributed by atoms with E-state index in [0.717, 1.165) is 79.2 Å². The molecule has 11 nitrogen and oxygen atoms in total. The van der Waals surface area contributed by atoms with Crippen LogP contribution in [0, 0.1) is 0 Å². The summed E-state index contributed by atoms with van der Waals surface area (Å²) in [5.74, 6) is 0.346. The summed E-state index contributed by atoms with van der Waals surface area (Å²) < 4.78 is 14.0. The Hall–Kier alpha value is -8.82. The second-order valence-electron chi connectivity index (χ2n) is 29.2. The molecule has 0 aromatic heterocycles. The van der Waals surface area contributed by atoms with E-state index in [9.17, 15) is 29.1 Å². The van der Waals surface area contributed by atoms with Crippen LogP contribution < -0.4 is 94.9 Å². The molecule has 1 amide bonds. The number of hydroxylamine groups is 1. The first-order valence-corrected chi connectivity index (χ1v) is 41.4. The van der Waals surface area contributed by atoms with Crippen LogP contribution in [0.1, 0.15) is 169 Å². The molecule has 0 heterocycles. The van der Waals surface area contributed by atoms with E-state index in [1.807, 2.05) is 109 Å². The van der Waals surface area contributed by atoms with Crippen LogP contribution in [-0.2, 0) is 84.8 Å². The van der Waals surface area contributed by atoms with E-state index in [4.69, 9.17) is 5.21 Å². The Bertz CT molecular complexity index is 4170. The van der Waals surface area contributed by atoms with Crippen LogP contribution in [0.2, 0.25) is 0 Å². The van der Waals surface area contributed by atoms with Crippen LogP contribution in [-0.4, -0.2) is 68.4 Å². The van der Waals surface area contributed by atoms with Crippen molar-refractivity contribution in [1.29, 1.82) is 0 Å². The van der Waals surface area contributed by atoms with Gasteiger partial charge >= 0.3 is 69.3 Å². The Morgan fingerprint density at radius 3 is 0.913 bits per heavy atom. The van der Waals surface area contributed by atoms with Crippen molar-refractivity contribution in [3.05, 3.63) is 383 Å². The van der Waals surface area contributed by atoms with Crippen molar-refractivity contribution in [1.82, 2.24) is 5.48 Å². The monoisotopic (exact) mass is 1650 g/mol. The Morgan fingerprint density at radius 1 is 0.383 bits per heavy atom. The van der Waals surface area contributed by atoms with Gasteiger partial charge in [-0.25, -0.2) is 5.48 Å². The molecule has 115 heavy (non-hydrogen) atoms. The molecule has 0 aliphatic rings. The van der Waals surface area contributed by atoms with E-state index < -0.39 is 12.9 Å². The number of ether oxygens (including phenoxy) is 3. The molecular weight excluding hydrogens is 1540 g/mol. The molecule has 0 aliphatic carbocycles. The summed E-state index contributed by atoms with van der Waals surface area (Å²) in [5, 5.41) is 22.9. The molecule has 2 atom stereocenters. The van der Waals surface area contributed by atoms with Crippen molar-refractivity contribution < 1.29 is 117 Å². The number of carbonyl (C=O) groups excluding carboxylic acids is 5. The molecule has 0 aliphatic heterocycles. The maximum atomic E-state index is 12.0. The van der Waals surface area contributed by atoms with Crippen molar-refractivity contribution in [3.8, 4) is 0 Å². The van der Waals surface area contributed by atoms with Crippen molar-refractivity contribution in [2.24, 2.45) is 0 Å². The Kier molecular flexibility index (Phi) is 47.7. The molecule has 2 unspecified atom stereocenters. The van der Waals surface area contributed by atoms with Gasteiger partial charge in [-0.1, -0.05) is 314 Å².